The maximum absolute atomic E-state index is 10.9. The molecule has 0 aromatic rings. The van der Waals surface area contributed by atoms with Gasteiger partial charge in [-0.2, -0.15) is 0 Å². The average Bonchev–Trinajstić information content (AvgIpc) is 2.69. The van der Waals surface area contributed by atoms with Gasteiger partial charge in [-0.05, 0) is 0 Å². The van der Waals surface area contributed by atoms with Crippen LogP contribution in [0.4, 0.5) is 0 Å². The van der Waals surface area contributed by atoms with Gasteiger partial charge in [-0.25, -0.2) is 0 Å². The smallest absolute Gasteiger partial charge is 0.308 e. The molecule has 0 aromatic carbocycles. The third-order valence-electron chi connectivity index (χ3n) is 1.81. The number of esters is 1. The van der Waals surface area contributed by atoms with Crippen molar-refractivity contribution in [2.75, 3.05) is 0 Å². The Bertz CT molecular complexity index is 249. The molecular weight excluding hydrogens is 180 g/mol. The largest absolute Gasteiger partial charge is 0.481 e. The topological polar surface area (TPSA) is 85.4 Å². The Morgan fingerprint density at radius 1 is 1.31 bits per heavy atom. The monoisotopic (exact) mass is 188 g/mol. The Kier molecular flexibility index (Phi) is 1.93. The Labute approximate surface area is 73.4 Å². The zero-order chi connectivity index (χ0) is 9.42. The second-order valence-corrected chi connectivity index (χ2v) is 2.86. The van der Waals surface area contributed by atoms with Gasteiger partial charge in [-0.3, -0.25) is 9.59 Å². The van der Waals surface area contributed by atoms with Gasteiger partial charge in [0.1, 0.15) is 0 Å². The van der Waals surface area contributed by atoms with Crippen LogP contribution in [0.5, 0.6) is 0 Å². The summed E-state index contributed by atoms with van der Waals surface area (Å²) in [7, 11) is 0. The van der Waals surface area contributed by atoms with Gasteiger partial charge in [-0.1, -0.05) is 0 Å². The zero-order valence-electron chi connectivity index (χ0n) is 6.63. The van der Waals surface area contributed by atoms with Gasteiger partial charge >= 0.3 is 11.9 Å². The van der Waals surface area contributed by atoms with Crippen LogP contribution >= 0.6 is 0 Å². The van der Waals surface area contributed by atoms with E-state index >= 15 is 0 Å². The fourth-order valence-electron chi connectivity index (χ4n) is 1.02. The van der Waals surface area contributed by atoms with E-state index in [0.717, 1.165) is 0 Å². The van der Waals surface area contributed by atoms with Crippen molar-refractivity contribution in [1.82, 2.24) is 0 Å². The number of rotatable bonds is 4. The number of hydrogen-bond acceptors (Lipinski definition) is 5. The van der Waals surface area contributed by atoms with E-state index in [2.05, 4.69) is 0 Å². The molecule has 0 bridgehead atoms. The molecule has 2 rings (SSSR count). The van der Waals surface area contributed by atoms with E-state index in [1.807, 2.05) is 0 Å². The van der Waals surface area contributed by atoms with Gasteiger partial charge in [-0.15, -0.1) is 0 Å². The molecule has 1 N–H and O–H groups in total. The summed E-state index contributed by atoms with van der Waals surface area (Å²) in [5.41, 5.74) is 0. The van der Waals surface area contributed by atoms with E-state index < -0.39 is 18.2 Å². The number of hydrogen-bond donors (Lipinski definition) is 1. The van der Waals surface area contributed by atoms with Crippen molar-refractivity contribution >= 4 is 11.9 Å². The predicted octanol–water partition coefficient (Wildman–Crippen LogP) is -0.524. The normalized spacial score (nSPS) is 34.3. The Hall–Kier alpha value is -1.14. The predicted molar refractivity (Wildman–Crippen MR) is 36.5 cm³/mol. The molecule has 0 radical (unpaired) electrons. The first-order valence-corrected chi connectivity index (χ1v) is 3.89. The van der Waals surface area contributed by atoms with Crippen molar-refractivity contribution in [3.8, 4) is 0 Å². The SMILES string of the molecule is O=C(O)CCC(=O)OC1OC2OC12. The van der Waals surface area contributed by atoms with Crippen molar-refractivity contribution in [2.24, 2.45) is 0 Å². The fourth-order valence-corrected chi connectivity index (χ4v) is 1.02. The minimum absolute atomic E-state index is 0.117. The highest BCUT2D eigenvalue weighted by atomic mass is 16.9. The highest BCUT2D eigenvalue weighted by Crippen LogP contribution is 2.40. The van der Waals surface area contributed by atoms with Crippen molar-refractivity contribution in [2.45, 2.75) is 31.5 Å². The van der Waals surface area contributed by atoms with Crippen LogP contribution in [0.1, 0.15) is 12.8 Å². The van der Waals surface area contributed by atoms with Crippen molar-refractivity contribution in [1.29, 1.82) is 0 Å². The highest BCUT2D eigenvalue weighted by Gasteiger charge is 2.60. The van der Waals surface area contributed by atoms with E-state index in [0.29, 0.717) is 0 Å². The Morgan fingerprint density at radius 3 is 2.54 bits per heavy atom. The summed E-state index contributed by atoms with van der Waals surface area (Å²) in [4.78, 5) is 21.0. The lowest BCUT2D eigenvalue weighted by molar-refractivity contribution is -0.208. The second kappa shape index (κ2) is 2.97. The molecule has 2 heterocycles. The van der Waals surface area contributed by atoms with Crippen LogP contribution in [0, 0.1) is 0 Å². The number of fused-ring (bicyclic) bond motifs is 1. The molecule has 72 valence electrons. The van der Waals surface area contributed by atoms with Gasteiger partial charge < -0.3 is 19.3 Å². The summed E-state index contributed by atoms with van der Waals surface area (Å²) in [6, 6.07) is 0. The van der Waals surface area contributed by atoms with Crippen LogP contribution in [-0.4, -0.2) is 35.7 Å². The lowest BCUT2D eigenvalue weighted by Gasteiger charge is -2.20. The molecule has 2 fully saturated rings. The van der Waals surface area contributed by atoms with E-state index in [1.165, 1.54) is 0 Å². The molecule has 3 unspecified atom stereocenters. The van der Waals surface area contributed by atoms with E-state index in [1.54, 1.807) is 0 Å². The van der Waals surface area contributed by atoms with Crippen LogP contribution < -0.4 is 0 Å². The molecule has 2 aliphatic rings. The molecule has 2 aliphatic heterocycles. The van der Waals surface area contributed by atoms with Crippen LogP contribution in [0.15, 0.2) is 0 Å². The molecule has 3 atom stereocenters. The number of aliphatic carboxylic acids is 1. The van der Waals surface area contributed by atoms with Crippen molar-refractivity contribution in [3.63, 3.8) is 0 Å². The van der Waals surface area contributed by atoms with Gasteiger partial charge in [0.15, 0.2) is 12.4 Å². The number of carbonyl (C=O) groups excluding carboxylic acids is 1. The van der Waals surface area contributed by atoms with Gasteiger partial charge in [0.05, 0.1) is 12.8 Å². The molecular formula is C7H8O6. The molecule has 0 saturated carbocycles. The minimum Gasteiger partial charge on any atom is -0.481 e. The molecule has 13 heavy (non-hydrogen) atoms. The third kappa shape index (κ3) is 1.78. The number of carbonyl (C=O) groups is 2. The second-order valence-electron chi connectivity index (χ2n) is 2.86. The van der Waals surface area contributed by atoms with Gasteiger partial charge in [0.25, 0.3) is 0 Å². The fraction of sp³-hybridized carbons (Fsp3) is 0.714. The Morgan fingerprint density at radius 2 is 2.08 bits per heavy atom. The van der Waals surface area contributed by atoms with Crippen LogP contribution in [0.3, 0.4) is 0 Å². The highest BCUT2D eigenvalue weighted by molar-refractivity contribution is 5.76. The summed E-state index contributed by atoms with van der Waals surface area (Å²) in [5.74, 6) is -1.59. The van der Waals surface area contributed by atoms with E-state index in [4.69, 9.17) is 19.3 Å². The minimum atomic E-state index is -1.02. The first-order valence-electron chi connectivity index (χ1n) is 3.89. The Balaban J connectivity index is 1.63. The quantitative estimate of drug-likeness (QED) is 0.471. The number of carboxylic acid groups (broad SMARTS) is 1. The molecule has 6 heteroatoms. The molecule has 0 aliphatic carbocycles. The zero-order valence-corrected chi connectivity index (χ0v) is 6.63. The van der Waals surface area contributed by atoms with Crippen LogP contribution in [-0.2, 0) is 23.8 Å². The maximum Gasteiger partial charge on any atom is 0.308 e. The van der Waals surface area contributed by atoms with Gasteiger partial charge in [0, 0.05) is 0 Å². The number of ether oxygens (including phenoxy) is 3. The summed E-state index contributed by atoms with van der Waals surface area (Å²) in [6.07, 6.45) is -1.29. The molecule has 2 saturated heterocycles. The summed E-state index contributed by atoms with van der Waals surface area (Å²) in [5, 5.41) is 8.26. The van der Waals surface area contributed by atoms with Crippen molar-refractivity contribution in [3.05, 3.63) is 0 Å². The third-order valence-corrected chi connectivity index (χ3v) is 1.81. The van der Waals surface area contributed by atoms with Crippen LogP contribution in [0.25, 0.3) is 0 Å². The maximum atomic E-state index is 10.9. The molecule has 0 spiro atoms. The lowest BCUT2D eigenvalue weighted by Crippen LogP contribution is -2.37. The lowest BCUT2D eigenvalue weighted by atomic mass is 10.3. The van der Waals surface area contributed by atoms with Gasteiger partial charge in [0.2, 0.25) is 6.29 Å². The van der Waals surface area contributed by atoms with Crippen LogP contribution in [0.2, 0.25) is 0 Å². The van der Waals surface area contributed by atoms with E-state index in [9.17, 15) is 9.59 Å². The first-order chi connectivity index (χ1) is 6.16. The molecule has 6 nitrogen and oxygen atoms in total. The molecule has 0 aromatic heterocycles. The molecule has 0 amide bonds. The number of epoxide rings is 1. The first kappa shape index (κ1) is 8.46. The summed E-state index contributed by atoms with van der Waals surface area (Å²) >= 11 is 0. The van der Waals surface area contributed by atoms with E-state index in [-0.39, 0.29) is 25.2 Å². The standard InChI is InChI=1S/C7H8O6/c8-3(9)1-2-4(10)11-6-5-7(12-5)13-6/h5-7H,1-2H2,(H,8,9). The average molecular weight is 188 g/mol. The van der Waals surface area contributed by atoms with Crippen molar-refractivity contribution < 1.29 is 28.9 Å². The summed E-state index contributed by atoms with van der Waals surface area (Å²) < 4.78 is 14.5. The summed E-state index contributed by atoms with van der Waals surface area (Å²) in [6.45, 7) is 0. The number of carboxylic acids is 1.